The average molecular weight is 281 g/mol. The fraction of sp³-hybridized carbons (Fsp3) is 0.278. The van der Waals surface area contributed by atoms with Crippen LogP contribution in [-0.4, -0.2) is 33.4 Å². The summed E-state index contributed by atoms with van der Waals surface area (Å²) in [5, 5.41) is 3.36. The number of benzene rings is 2. The Morgan fingerprint density at radius 1 is 1.00 bits per heavy atom. The summed E-state index contributed by atoms with van der Waals surface area (Å²) < 4.78 is 0. The molecule has 2 aromatic rings. The van der Waals surface area contributed by atoms with Crippen molar-refractivity contribution in [3.8, 4) is 0 Å². The lowest BCUT2D eigenvalue weighted by molar-refractivity contribution is 1.03. The van der Waals surface area contributed by atoms with E-state index in [-0.39, 0.29) is 0 Å². The molecule has 2 aromatic carbocycles. The van der Waals surface area contributed by atoms with Crippen LogP contribution in [0.4, 0.5) is 11.4 Å². The number of aryl methyl sites for hydroxylation is 1. The van der Waals surface area contributed by atoms with Crippen molar-refractivity contribution in [1.82, 2.24) is 0 Å². The van der Waals surface area contributed by atoms with Gasteiger partial charge < -0.3 is 10.2 Å². The number of rotatable bonds is 6. The van der Waals surface area contributed by atoms with Gasteiger partial charge in [-0.3, -0.25) is 4.99 Å². The SMILES string of the molecule is Cc1ccc(NCCN=Cc2ccc(N(C)C)cc2)cc1. The highest BCUT2D eigenvalue weighted by Crippen LogP contribution is 2.11. The van der Waals surface area contributed by atoms with Crippen LogP contribution in [0.2, 0.25) is 0 Å². The van der Waals surface area contributed by atoms with Crippen molar-refractivity contribution in [3.05, 3.63) is 59.7 Å². The van der Waals surface area contributed by atoms with Crippen LogP contribution in [0.1, 0.15) is 11.1 Å². The molecule has 0 amide bonds. The minimum absolute atomic E-state index is 0.767. The number of nitrogens with one attached hydrogen (secondary N) is 1. The number of anilines is 2. The molecule has 0 saturated heterocycles. The monoisotopic (exact) mass is 281 g/mol. The molecular weight excluding hydrogens is 258 g/mol. The molecule has 0 bridgehead atoms. The fourth-order valence-electron chi connectivity index (χ4n) is 1.96. The molecule has 0 saturated carbocycles. The van der Waals surface area contributed by atoms with Crippen LogP contribution in [0, 0.1) is 6.92 Å². The summed E-state index contributed by atoms with van der Waals surface area (Å²) in [5.74, 6) is 0. The Hall–Kier alpha value is -2.29. The normalized spacial score (nSPS) is 10.8. The molecule has 0 radical (unpaired) electrons. The van der Waals surface area contributed by atoms with E-state index in [4.69, 9.17) is 0 Å². The van der Waals surface area contributed by atoms with Gasteiger partial charge in [-0.1, -0.05) is 29.8 Å². The van der Waals surface area contributed by atoms with Gasteiger partial charge >= 0.3 is 0 Å². The molecule has 0 aliphatic rings. The summed E-state index contributed by atoms with van der Waals surface area (Å²) >= 11 is 0. The molecule has 110 valence electrons. The topological polar surface area (TPSA) is 27.6 Å². The van der Waals surface area contributed by atoms with Crippen LogP contribution in [0.5, 0.6) is 0 Å². The fourth-order valence-corrected chi connectivity index (χ4v) is 1.96. The van der Waals surface area contributed by atoms with E-state index in [2.05, 4.69) is 70.7 Å². The minimum Gasteiger partial charge on any atom is -0.383 e. The van der Waals surface area contributed by atoms with E-state index >= 15 is 0 Å². The number of nitrogens with zero attached hydrogens (tertiary/aromatic N) is 2. The second-order valence-corrected chi connectivity index (χ2v) is 5.31. The van der Waals surface area contributed by atoms with E-state index < -0.39 is 0 Å². The van der Waals surface area contributed by atoms with Gasteiger partial charge in [0.2, 0.25) is 0 Å². The maximum atomic E-state index is 4.45. The van der Waals surface area contributed by atoms with Crippen molar-refractivity contribution in [2.45, 2.75) is 6.92 Å². The highest BCUT2D eigenvalue weighted by atomic mass is 15.1. The van der Waals surface area contributed by atoms with Gasteiger partial charge in [-0.2, -0.15) is 0 Å². The molecule has 1 N–H and O–H groups in total. The molecular formula is C18H23N3. The molecule has 0 fully saturated rings. The van der Waals surface area contributed by atoms with E-state index in [1.165, 1.54) is 11.3 Å². The second kappa shape index (κ2) is 7.48. The third-order valence-corrected chi connectivity index (χ3v) is 3.27. The summed E-state index contributed by atoms with van der Waals surface area (Å²) in [5.41, 5.74) is 4.76. The molecule has 0 spiro atoms. The van der Waals surface area contributed by atoms with Crippen LogP contribution in [0.25, 0.3) is 0 Å². The highest BCUT2D eigenvalue weighted by molar-refractivity contribution is 5.80. The van der Waals surface area contributed by atoms with Crippen LogP contribution in [0.15, 0.2) is 53.5 Å². The predicted octanol–water partition coefficient (Wildman–Crippen LogP) is 3.59. The third-order valence-electron chi connectivity index (χ3n) is 3.27. The van der Waals surface area contributed by atoms with Crippen LogP contribution in [0.3, 0.4) is 0 Å². The maximum Gasteiger partial charge on any atom is 0.0562 e. The Morgan fingerprint density at radius 3 is 2.29 bits per heavy atom. The Labute approximate surface area is 127 Å². The van der Waals surface area contributed by atoms with Gasteiger partial charge in [0.05, 0.1) is 6.54 Å². The van der Waals surface area contributed by atoms with Gasteiger partial charge in [-0.15, -0.1) is 0 Å². The molecule has 0 unspecified atom stereocenters. The van der Waals surface area contributed by atoms with Gasteiger partial charge in [-0.05, 0) is 36.8 Å². The summed E-state index contributed by atoms with van der Waals surface area (Å²) in [6.45, 7) is 3.70. The van der Waals surface area contributed by atoms with Gasteiger partial charge in [0.1, 0.15) is 0 Å². The Kier molecular flexibility index (Phi) is 5.38. The minimum atomic E-state index is 0.767. The summed E-state index contributed by atoms with van der Waals surface area (Å²) in [6, 6.07) is 16.8. The lowest BCUT2D eigenvalue weighted by Gasteiger charge is -2.11. The number of hydrogen-bond donors (Lipinski definition) is 1. The van der Waals surface area contributed by atoms with E-state index in [9.17, 15) is 0 Å². The summed E-state index contributed by atoms with van der Waals surface area (Å²) in [6.07, 6.45) is 1.93. The van der Waals surface area contributed by atoms with Gasteiger partial charge in [0.15, 0.2) is 0 Å². The Bertz CT molecular complexity index is 568. The number of hydrogen-bond acceptors (Lipinski definition) is 3. The van der Waals surface area contributed by atoms with Crippen LogP contribution < -0.4 is 10.2 Å². The zero-order chi connectivity index (χ0) is 15.1. The van der Waals surface area contributed by atoms with Gasteiger partial charge in [-0.25, -0.2) is 0 Å². The van der Waals surface area contributed by atoms with Crippen LogP contribution in [-0.2, 0) is 0 Å². The van der Waals surface area contributed by atoms with Crippen molar-refractivity contribution in [2.75, 3.05) is 37.4 Å². The van der Waals surface area contributed by atoms with Crippen molar-refractivity contribution >= 4 is 17.6 Å². The zero-order valence-corrected chi connectivity index (χ0v) is 13.0. The third kappa shape index (κ3) is 4.95. The average Bonchev–Trinajstić information content (AvgIpc) is 2.49. The molecule has 0 aliphatic heterocycles. The zero-order valence-electron chi connectivity index (χ0n) is 13.0. The first-order valence-electron chi connectivity index (χ1n) is 7.23. The first kappa shape index (κ1) is 15.1. The van der Waals surface area contributed by atoms with E-state index in [0.29, 0.717) is 0 Å². The van der Waals surface area contributed by atoms with Crippen molar-refractivity contribution in [2.24, 2.45) is 4.99 Å². The lowest BCUT2D eigenvalue weighted by atomic mass is 10.2. The molecule has 2 rings (SSSR count). The molecule has 3 heteroatoms. The largest absolute Gasteiger partial charge is 0.383 e. The van der Waals surface area contributed by atoms with Crippen molar-refractivity contribution < 1.29 is 0 Å². The van der Waals surface area contributed by atoms with Gasteiger partial charge in [0.25, 0.3) is 0 Å². The molecule has 0 aromatic heterocycles. The predicted molar refractivity (Wildman–Crippen MR) is 92.9 cm³/mol. The first-order chi connectivity index (χ1) is 10.1. The smallest absolute Gasteiger partial charge is 0.0562 e. The standard InChI is InChI=1S/C18H23N3/c1-15-4-8-17(9-5-15)20-13-12-19-14-16-6-10-18(11-7-16)21(2)3/h4-11,14,20H,12-13H2,1-3H3. The van der Waals surface area contributed by atoms with E-state index in [1.54, 1.807) is 0 Å². The molecule has 0 aliphatic carbocycles. The van der Waals surface area contributed by atoms with Crippen molar-refractivity contribution in [3.63, 3.8) is 0 Å². The Balaban J connectivity index is 1.76. The maximum absolute atomic E-state index is 4.45. The molecule has 3 nitrogen and oxygen atoms in total. The highest BCUT2D eigenvalue weighted by Gasteiger charge is 1.94. The molecule has 0 heterocycles. The quantitative estimate of drug-likeness (QED) is 0.647. The summed E-state index contributed by atoms with van der Waals surface area (Å²) in [7, 11) is 4.08. The van der Waals surface area contributed by atoms with Crippen molar-refractivity contribution in [1.29, 1.82) is 0 Å². The van der Waals surface area contributed by atoms with E-state index in [0.717, 1.165) is 24.3 Å². The second-order valence-electron chi connectivity index (χ2n) is 5.31. The summed E-state index contributed by atoms with van der Waals surface area (Å²) in [4.78, 5) is 6.54. The Morgan fingerprint density at radius 2 is 1.67 bits per heavy atom. The lowest BCUT2D eigenvalue weighted by Crippen LogP contribution is -2.08. The van der Waals surface area contributed by atoms with Gasteiger partial charge in [0, 0.05) is 38.2 Å². The van der Waals surface area contributed by atoms with Crippen LogP contribution >= 0.6 is 0 Å². The van der Waals surface area contributed by atoms with E-state index in [1.807, 2.05) is 20.3 Å². The first-order valence-corrected chi connectivity index (χ1v) is 7.23. The number of aliphatic imine (C=N–C) groups is 1. The molecule has 0 atom stereocenters. The molecule has 21 heavy (non-hydrogen) atoms.